The van der Waals surface area contributed by atoms with Crippen LogP contribution in [0.15, 0.2) is 18.2 Å². The molecule has 0 spiro atoms. The number of halogens is 2. The van der Waals surface area contributed by atoms with E-state index in [9.17, 15) is 13.9 Å². The summed E-state index contributed by atoms with van der Waals surface area (Å²) in [5.41, 5.74) is 0.623. The van der Waals surface area contributed by atoms with Crippen molar-refractivity contribution < 1.29 is 23.4 Å². The van der Waals surface area contributed by atoms with Crippen molar-refractivity contribution >= 4 is 0 Å². The standard InChI is InChI=1S/C15H21F2NO3/c1-20-13-7-3-4-10(14(13)21-15(16)17)8-18-12-6-2-5-11(12)9-19/h3-4,7,11-12,15,18-19H,2,5-6,8-9H2,1H3. The van der Waals surface area contributed by atoms with Crippen molar-refractivity contribution in [1.29, 1.82) is 0 Å². The van der Waals surface area contributed by atoms with Gasteiger partial charge in [-0.2, -0.15) is 8.78 Å². The molecular weight excluding hydrogens is 280 g/mol. The predicted octanol–water partition coefficient (Wildman–Crippen LogP) is 2.55. The maximum atomic E-state index is 12.5. The van der Waals surface area contributed by atoms with Gasteiger partial charge in [-0.05, 0) is 24.8 Å². The molecule has 21 heavy (non-hydrogen) atoms. The molecule has 2 N–H and O–H groups in total. The lowest BCUT2D eigenvalue weighted by Crippen LogP contribution is -2.33. The molecule has 1 aliphatic carbocycles. The number of para-hydroxylation sites is 1. The fourth-order valence-electron chi connectivity index (χ4n) is 2.85. The number of alkyl halides is 2. The molecule has 0 saturated heterocycles. The van der Waals surface area contributed by atoms with E-state index in [-0.39, 0.29) is 24.3 Å². The van der Waals surface area contributed by atoms with E-state index in [0.29, 0.717) is 17.9 Å². The Morgan fingerprint density at radius 2 is 2.19 bits per heavy atom. The van der Waals surface area contributed by atoms with E-state index >= 15 is 0 Å². The molecule has 0 amide bonds. The molecule has 2 atom stereocenters. The number of benzene rings is 1. The first-order valence-corrected chi connectivity index (χ1v) is 7.10. The summed E-state index contributed by atoms with van der Waals surface area (Å²) in [5, 5.41) is 12.6. The molecule has 118 valence electrons. The fourth-order valence-corrected chi connectivity index (χ4v) is 2.85. The number of aliphatic hydroxyl groups excluding tert-OH is 1. The van der Waals surface area contributed by atoms with Crippen LogP contribution in [0.3, 0.4) is 0 Å². The second-order valence-corrected chi connectivity index (χ2v) is 5.19. The van der Waals surface area contributed by atoms with Gasteiger partial charge in [-0.15, -0.1) is 0 Å². The van der Waals surface area contributed by atoms with Gasteiger partial charge in [0.25, 0.3) is 0 Å². The number of nitrogens with one attached hydrogen (secondary N) is 1. The van der Waals surface area contributed by atoms with Gasteiger partial charge in [0.05, 0.1) is 7.11 Å². The first kappa shape index (κ1) is 16.0. The van der Waals surface area contributed by atoms with Crippen molar-refractivity contribution in [2.45, 2.75) is 38.5 Å². The Bertz CT molecular complexity index is 457. The minimum Gasteiger partial charge on any atom is -0.493 e. The highest BCUT2D eigenvalue weighted by Crippen LogP contribution is 2.33. The van der Waals surface area contributed by atoms with Crippen LogP contribution in [0, 0.1) is 5.92 Å². The maximum Gasteiger partial charge on any atom is 0.387 e. The molecule has 1 saturated carbocycles. The van der Waals surface area contributed by atoms with E-state index in [2.05, 4.69) is 10.1 Å². The van der Waals surface area contributed by atoms with Crippen molar-refractivity contribution in [3.8, 4) is 11.5 Å². The molecule has 1 aromatic rings. The Balaban J connectivity index is 2.08. The van der Waals surface area contributed by atoms with Gasteiger partial charge in [-0.3, -0.25) is 0 Å². The highest BCUT2D eigenvalue weighted by atomic mass is 19.3. The topological polar surface area (TPSA) is 50.7 Å². The quantitative estimate of drug-likeness (QED) is 0.812. The van der Waals surface area contributed by atoms with Gasteiger partial charge >= 0.3 is 6.61 Å². The largest absolute Gasteiger partial charge is 0.493 e. The van der Waals surface area contributed by atoms with Crippen molar-refractivity contribution in [1.82, 2.24) is 5.32 Å². The van der Waals surface area contributed by atoms with Crippen LogP contribution >= 0.6 is 0 Å². The third-order valence-electron chi connectivity index (χ3n) is 3.94. The molecule has 1 aromatic carbocycles. The van der Waals surface area contributed by atoms with Gasteiger partial charge in [0.15, 0.2) is 11.5 Å². The molecule has 0 aliphatic heterocycles. The van der Waals surface area contributed by atoms with E-state index in [1.165, 1.54) is 7.11 Å². The van der Waals surface area contributed by atoms with Crippen LogP contribution in [0.4, 0.5) is 8.78 Å². The molecule has 0 aromatic heterocycles. The summed E-state index contributed by atoms with van der Waals surface area (Å²) in [4.78, 5) is 0. The van der Waals surface area contributed by atoms with E-state index in [0.717, 1.165) is 19.3 Å². The number of hydrogen-bond donors (Lipinski definition) is 2. The van der Waals surface area contributed by atoms with Gasteiger partial charge < -0.3 is 19.9 Å². The molecule has 0 radical (unpaired) electrons. The molecule has 1 aliphatic rings. The summed E-state index contributed by atoms with van der Waals surface area (Å²) in [6, 6.07) is 5.27. The molecule has 1 fully saturated rings. The lowest BCUT2D eigenvalue weighted by molar-refractivity contribution is -0.0519. The van der Waals surface area contributed by atoms with E-state index in [1.54, 1.807) is 18.2 Å². The third kappa shape index (κ3) is 4.04. The zero-order chi connectivity index (χ0) is 15.2. The van der Waals surface area contributed by atoms with Crippen LogP contribution in [0.2, 0.25) is 0 Å². The maximum absolute atomic E-state index is 12.5. The molecule has 0 heterocycles. The molecule has 2 rings (SSSR count). The average molecular weight is 301 g/mol. The van der Waals surface area contributed by atoms with Crippen LogP contribution in [0.5, 0.6) is 11.5 Å². The number of rotatable bonds is 7. The second-order valence-electron chi connectivity index (χ2n) is 5.19. The Morgan fingerprint density at radius 1 is 1.38 bits per heavy atom. The Morgan fingerprint density at radius 3 is 2.86 bits per heavy atom. The summed E-state index contributed by atoms with van der Waals surface area (Å²) in [5.74, 6) is 0.593. The van der Waals surface area contributed by atoms with Crippen LogP contribution in [-0.4, -0.2) is 31.5 Å². The monoisotopic (exact) mass is 301 g/mol. The minimum absolute atomic E-state index is 0.0704. The van der Waals surface area contributed by atoms with Crippen molar-refractivity contribution in [3.63, 3.8) is 0 Å². The van der Waals surface area contributed by atoms with Crippen LogP contribution < -0.4 is 14.8 Å². The highest BCUT2D eigenvalue weighted by molar-refractivity contribution is 5.46. The number of aliphatic hydroxyl groups is 1. The summed E-state index contributed by atoms with van der Waals surface area (Å²) in [7, 11) is 1.42. The second kappa shape index (κ2) is 7.56. The van der Waals surface area contributed by atoms with Gasteiger partial charge in [-0.1, -0.05) is 18.6 Å². The van der Waals surface area contributed by atoms with Crippen molar-refractivity contribution in [2.24, 2.45) is 5.92 Å². The van der Waals surface area contributed by atoms with Gasteiger partial charge in [0.1, 0.15) is 0 Å². The first-order chi connectivity index (χ1) is 10.2. The summed E-state index contributed by atoms with van der Waals surface area (Å²) in [6.45, 7) is -2.34. The van der Waals surface area contributed by atoms with E-state index < -0.39 is 6.61 Å². The molecule has 0 bridgehead atoms. The van der Waals surface area contributed by atoms with Crippen LogP contribution in [0.1, 0.15) is 24.8 Å². The Hall–Kier alpha value is -1.40. The first-order valence-electron chi connectivity index (χ1n) is 7.10. The van der Waals surface area contributed by atoms with Crippen LogP contribution in [-0.2, 0) is 6.54 Å². The third-order valence-corrected chi connectivity index (χ3v) is 3.94. The minimum atomic E-state index is -2.89. The zero-order valence-corrected chi connectivity index (χ0v) is 12.0. The van der Waals surface area contributed by atoms with E-state index in [4.69, 9.17) is 4.74 Å². The summed E-state index contributed by atoms with van der Waals surface area (Å²) >= 11 is 0. The number of ether oxygens (including phenoxy) is 2. The van der Waals surface area contributed by atoms with E-state index in [1.807, 2.05) is 0 Å². The predicted molar refractivity (Wildman–Crippen MR) is 74.7 cm³/mol. The fraction of sp³-hybridized carbons (Fsp3) is 0.600. The molecule has 6 heteroatoms. The normalized spacial score (nSPS) is 21.8. The van der Waals surface area contributed by atoms with Crippen LogP contribution in [0.25, 0.3) is 0 Å². The highest BCUT2D eigenvalue weighted by Gasteiger charge is 2.26. The Kier molecular flexibility index (Phi) is 5.76. The SMILES string of the molecule is COc1cccc(CNC2CCCC2CO)c1OC(F)F. The van der Waals surface area contributed by atoms with Gasteiger partial charge in [-0.25, -0.2) is 0 Å². The van der Waals surface area contributed by atoms with Crippen molar-refractivity contribution in [2.75, 3.05) is 13.7 Å². The molecule has 4 nitrogen and oxygen atoms in total. The average Bonchev–Trinajstić information content (AvgIpc) is 2.93. The number of methoxy groups -OCH3 is 1. The summed E-state index contributed by atoms with van der Waals surface area (Å²) in [6.07, 6.45) is 3.05. The Labute approximate surface area is 123 Å². The van der Waals surface area contributed by atoms with Crippen molar-refractivity contribution in [3.05, 3.63) is 23.8 Å². The smallest absolute Gasteiger partial charge is 0.387 e. The van der Waals surface area contributed by atoms with Gasteiger partial charge in [0, 0.05) is 24.8 Å². The van der Waals surface area contributed by atoms with Gasteiger partial charge in [0.2, 0.25) is 0 Å². The number of hydrogen-bond acceptors (Lipinski definition) is 4. The molecular formula is C15H21F2NO3. The lowest BCUT2D eigenvalue weighted by atomic mass is 10.0. The zero-order valence-electron chi connectivity index (χ0n) is 12.0. The molecule has 2 unspecified atom stereocenters. The lowest BCUT2D eigenvalue weighted by Gasteiger charge is -2.20. The summed E-state index contributed by atoms with van der Waals surface area (Å²) < 4.78 is 34.7.